The Hall–Kier alpha value is -0.810. The lowest BCUT2D eigenvalue weighted by atomic mass is 9.72. The number of hydrogen-bond acceptors (Lipinski definition) is 4. The van der Waals surface area contributed by atoms with Crippen LogP contribution in [0.1, 0.15) is 48.0 Å². The Morgan fingerprint density at radius 1 is 1.33 bits per heavy atom. The molecule has 122 valence electrons. The highest BCUT2D eigenvalue weighted by molar-refractivity contribution is 5.69. The minimum absolute atomic E-state index is 0.0804. The zero-order valence-electron chi connectivity index (χ0n) is 14.3. The summed E-state index contributed by atoms with van der Waals surface area (Å²) in [5.74, 6) is 0. The van der Waals surface area contributed by atoms with Crippen LogP contribution in [-0.2, 0) is 4.74 Å². The summed E-state index contributed by atoms with van der Waals surface area (Å²) >= 11 is 0. The van der Waals surface area contributed by atoms with Crippen molar-refractivity contribution in [2.45, 2.75) is 71.7 Å². The molecule has 21 heavy (non-hydrogen) atoms. The highest BCUT2D eigenvalue weighted by atomic mass is 16.6. The normalized spacial score (nSPS) is 29.6. The molecule has 2 aliphatic rings. The summed E-state index contributed by atoms with van der Waals surface area (Å²) in [7, 11) is 0. The number of carbonyl (C=O) groups is 1. The van der Waals surface area contributed by atoms with Gasteiger partial charge in [-0.05, 0) is 41.0 Å². The van der Waals surface area contributed by atoms with Crippen LogP contribution in [0.5, 0.6) is 0 Å². The molecule has 1 amide bonds. The first-order chi connectivity index (χ1) is 9.53. The Labute approximate surface area is 128 Å². The van der Waals surface area contributed by atoms with E-state index in [1.807, 2.05) is 20.8 Å². The maximum Gasteiger partial charge on any atom is 0.410 e. The van der Waals surface area contributed by atoms with Gasteiger partial charge in [0.1, 0.15) is 5.60 Å². The summed E-state index contributed by atoms with van der Waals surface area (Å²) in [6.07, 6.45) is 0.841. The molecule has 0 saturated carbocycles. The number of ether oxygens (including phenoxy) is 1. The van der Waals surface area contributed by atoms with E-state index in [1.165, 1.54) is 0 Å². The smallest absolute Gasteiger partial charge is 0.410 e. The van der Waals surface area contributed by atoms with Gasteiger partial charge in [0.05, 0.1) is 0 Å². The number of hydrogen-bond donors (Lipinski definition) is 1. The van der Waals surface area contributed by atoms with Crippen LogP contribution in [0.4, 0.5) is 4.79 Å². The molecule has 2 aliphatic heterocycles. The summed E-state index contributed by atoms with van der Waals surface area (Å²) in [4.78, 5) is 16.4. The minimum Gasteiger partial charge on any atom is -0.444 e. The lowest BCUT2D eigenvalue weighted by Gasteiger charge is -2.54. The second-order valence-electron chi connectivity index (χ2n) is 8.22. The lowest BCUT2D eigenvalue weighted by Crippen LogP contribution is -2.68. The number of amides is 1. The van der Waals surface area contributed by atoms with Crippen LogP contribution in [0.15, 0.2) is 0 Å². The molecule has 2 heterocycles. The third-order valence-corrected chi connectivity index (χ3v) is 4.62. The number of nitrogens with two attached hydrogens (primary N) is 1. The molecule has 0 aromatic rings. The van der Waals surface area contributed by atoms with Gasteiger partial charge in [-0.3, -0.25) is 4.90 Å². The average Bonchev–Trinajstić information content (AvgIpc) is 2.65. The minimum atomic E-state index is -0.434. The fraction of sp³-hybridized carbons (Fsp3) is 0.938. The van der Waals surface area contributed by atoms with Crippen molar-refractivity contribution in [2.75, 3.05) is 19.6 Å². The van der Waals surface area contributed by atoms with Gasteiger partial charge in [-0.25, -0.2) is 4.79 Å². The van der Waals surface area contributed by atoms with Crippen LogP contribution in [0.2, 0.25) is 0 Å². The van der Waals surface area contributed by atoms with Crippen molar-refractivity contribution < 1.29 is 9.53 Å². The van der Waals surface area contributed by atoms with Crippen LogP contribution in [-0.4, -0.2) is 59.3 Å². The number of nitrogens with zero attached hydrogens (tertiary/aromatic N) is 2. The van der Waals surface area contributed by atoms with Crippen molar-refractivity contribution in [1.29, 1.82) is 0 Å². The van der Waals surface area contributed by atoms with Crippen molar-refractivity contribution in [3.05, 3.63) is 0 Å². The molecule has 2 fully saturated rings. The Morgan fingerprint density at radius 2 is 1.90 bits per heavy atom. The lowest BCUT2D eigenvalue weighted by molar-refractivity contribution is -0.0645. The summed E-state index contributed by atoms with van der Waals surface area (Å²) < 4.78 is 5.44. The Kier molecular flexibility index (Phi) is 4.28. The summed E-state index contributed by atoms with van der Waals surface area (Å²) in [5.41, 5.74) is 6.00. The fourth-order valence-corrected chi connectivity index (χ4v) is 3.81. The number of carbonyl (C=O) groups excluding carboxylic acids is 1. The summed E-state index contributed by atoms with van der Waals surface area (Å²) in [6, 6.07) is 1.06. The first kappa shape index (κ1) is 16.6. The van der Waals surface area contributed by atoms with E-state index >= 15 is 0 Å². The van der Waals surface area contributed by atoms with Crippen LogP contribution < -0.4 is 5.73 Å². The SMILES string of the molecule is CC(C)N1CC[C@@H](N)[C@@H]1C1(C)CN(C(=O)OC(C)(C)C)C1. The monoisotopic (exact) mass is 297 g/mol. The Bertz CT molecular complexity index is 397. The van der Waals surface area contributed by atoms with Gasteiger partial charge >= 0.3 is 6.09 Å². The fourth-order valence-electron chi connectivity index (χ4n) is 3.81. The van der Waals surface area contributed by atoms with Gasteiger partial charge in [-0.2, -0.15) is 0 Å². The quantitative estimate of drug-likeness (QED) is 0.847. The molecule has 2 atom stereocenters. The van der Waals surface area contributed by atoms with Gasteiger partial charge < -0.3 is 15.4 Å². The van der Waals surface area contributed by atoms with Gasteiger partial charge in [0.25, 0.3) is 0 Å². The molecule has 5 nitrogen and oxygen atoms in total. The van der Waals surface area contributed by atoms with E-state index in [4.69, 9.17) is 10.5 Å². The van der Waals surface area contributed by atoms with Gasteiger partial charge in [-0.1, -0.05) is 6.92 Å². The molecular formula is C16H31N3O2. The molecule has 2 N–H and O–H groups in total. The first-order valence-electron chi connectivity index (χ1n) is 8.03. The predicted molar refractivity (Wildman–Crippen MR) is 84.1 cm³/mol. The third-order valence-electron chi connectivity index (χ3n) is 4.62. The topological polar surface area (TPSA) is 58.8 Å². The first-order valence-corrected chi connectivity index (χ1v) is 8.03. The molecule has 0 bridgehead atoms. The van der Waals surface area contributed by atoms with E-state index in [2.05, 4.69) is 25.7 Å². The molecule has 0 unspecified atom stereocenters. The van der Waals surface area contributed by atoms with E-state index in [0.29, 0.717) is 12.1 Å². The van der Waals surface area contributed by atoms with Crippen molar-refractivity contribution in [1.82, 2.24) is 9.80 Å². The predicted octanol–water partition coefficient (Wildman–Crippen LogP) is 2.05. The number of likely N-dealkylation sites (tertiary alicyclic amines) is 2. The van der Waals surface area contributed by atoms with Gasteiger partial charge in [0.15, 0.2) is 0 Å². The average molecular weight is 297 g/mol. The molecule has 2 rings (SSSR count). The van der Waals surface area contributed by atoms with Crippen molar-refractivity contribution in [3.63, 3.8) is 0 Å². The zero-order valence-corrected chi connectivity index (χ0v) is 14.3. The second kappa shape index (κ2) is 5.43. The maximum absolute atomic E-state index is 12.1. The van der Waals surface area contributed by atoms with Crippen LogP contribution >= 0.6 is 0 Å². The van der Waals surface area contributed by atoms with Crippen molar-refractivity contribution in [3.8, 4) is 0 Å². The molecule has 0 spiro atoms. The van der Waals surface area contributed by atoms with Gasteiger partial charge in [0.2, 0.25) is 0 Å². The van der Waals surface area contributed by atoms with Gasteiger partial charge in [0, 0.05) is 43.2 Å². The van der Waals surface area contributed by atoms with Crippen molar-refractivity contribution in [2.24, 2.45) is 11.1 Å². The van der Waals surface area contributed by atoms with E-state index in [-0.39, 0.29) is 17.6 Å². The van der Waals surface area contributed by atoms with E-state index in [0.717, 1.165) is 26.1 Å². The zero-order chi connectivity index (χ0) is 16.0. The Balaban J connectivity index is 1.99. The summed E-state index contributed by atoms with van der Waals surface area (Å²) in [5, 5.41) is 0. The van der Waals surface area contributed by atoms with E-state index in [9.17, 15) is 4.79 Å². The van der Waals surface area contributed by atoms with E-state index < -0.39 is 5.60 Å². The molecule has 0 aromatic carbocycles. The highest BCUT2D eigenvalue weighted by Crippen LogP contribution is 2.41. The molecule has 2 saturated heterocycles. The molecule has 0 radical (unpaired) electrons. The molecule has 0 aliphatic carbocycles. The largest absolute Gasteiger partial charge is 0.444 e. The number of rotatable bonds is 2. The summed E-state index contributed by atoms with van der Waals surface area (Å²) in [6.45, 7) is 14.9. The van der Waals surface area contributed by atoms with Crippen LogP contribution in [0, 0.1) is 5.41 Å². The van der Waals surface area contributed by atoms with Crippen LogP contribution in [0.25, 0.3) is 0 Å². The highest BCUT2D eigenvalue weighted by Gasteiger charge is 2.53. The van der Waals surface area contributed by atoms with E-state index in [1.54, 1.807) is 4.90 Å². The van der Waals surface area contributed by atoms with Crippen molar-refractivity contribution >= 4 is 6.09 Å². The molecule has 5 heteroatoms. The Morgan fingerprint density at radius 3 is 2.38 bits per heavy atom. The maximum atomic E-state index is 12.1. The van der Waals surface area contributed by atoms with Crippen LogP contribution in [0.3, 0.4) is 0 Å². The molecule has 0 aromatic heterocycles. The standard InChI is InChI=1S/C16H31N3O2/c1-11(2)19-8-7-12(17)13(19)16(6)9-18(10-16)14(20)21-15(3,4)5/h11-13H,7-10,17H2,1-6H3/t12-,13-/m1/s1. The van der Waals surface area contributed by atoms with Gasteiger partial charge in [-0.15, -0.1) is 0 Å². The molecular weight excluding hydrogens is 266 g/mol. The second-order valence-corrected chi connectivity index (χ2v) is 8.22. The third kappa shape index (κ3) is 3.34.